The summed E-state index contributed by atoms with van der Waals surface area (Å²) >= 11 is 1.37. The quantitative estimate of drug-likeness (QED) is 0.618. The molecule has 1 heterocycles. The van der Waals surface area contributed by atoms with Gasteiger partial charge in [0.1, 0.15) is 0 Å². The van der Waals surface area contributed by atoms with Crippen molar-refractivity contribution in [2.24, 2.45) is 5.92 Å². The van der Waals surface area contributed by atoms with E-state index in [1.54, 1.807) is 25.1 Å². The van der Waals surface area contributed by atoms with Crippen LogP contribution in [0.5, 0.6) is 0 Å². The maximum atomic E-state index is 12.2. The van der Waals surface area contributed by atoms with Crippen LogP contribution in [0.4, 0.5) is 0 Å². The number of rotatable bonds is 4. The molecule has 0 amide bonds. The lowest BCUT2D eigenvalue weighted by Gasteiger charge is -2.08. The molecular formula is C15H14O2S. The van der Waals surface area contributed by atoms with Crippen molar-refractivity contribution in [3.63, 3.8) is 0 Å². The Hall–Kier alpha value is -1.74. The van der Waals surface area contributed by atoms with E-state index in [2.05, 4.69) is 0 Å². The maximum Gasteiger partial charge on any atom is 0.183 e. The highest BCUT2D eigenvalue weighted by atomic mass is 32.1. The summed E-state index contributed by atoms with van der Waals surface area (Å²) in [5.74, 6) is -0.838. The average Bonchev–Trinajstić information content (AvgIpc) is 2.91. The van der Waals surface area contributed by atoms with Gasteiger partial charge in [0.15, 0.2) is 11.6 Å². The predicted molar refractivity (Wildman–Crippen MR) is 73.3 cm³/mol. The van der Waals surface area contributed by atoms with Gasteiger partial charge in [0.2, 0.25) is 0 Å². The van der Waals surface area contributed by atoms with Gasteiger partial charge in [0.25, 0.3) is 0 Å². The van der Waals surface area contributed by atoms with Crippen LogP contribution in [0.2, 0.25) is 0 Å². The number of carbonyl (C=O) groups excluding carboxylic acids is 2. The zero-order chi connectivity index (χ0) is 13.1. The molecule has 0 aliphatic rings. The number of carbonyl (C=O) groups is 2. The van der Waals surface area contributed by atoms with E-state index in [1.165, 1.54) is 11.3 Å². The molecule has 0 saturated carbocycles. The molecule has 0 N–H and O–H groups in total. The van der Waals surface area contributed by atoms with Gasteiger partial charge in [-0.1, -0.05) is 35.9 Å². The number of hydrogen-bond donors (Lipinski definition) is 0. The van der Waals surface area contributed by atoms with E-state index in [1.807, 2.05) is 30.5 Å². The number of benzene rings is 1. The van der Waals surface area contributed by atoms with Crippen molar-refractivity contribution in [2.45, 2.75) is 13.8 Å². The van der Waals surface area contributed by atoms with Gasteiger partial charge in [-0.05, 0) is 25.3 Å². The van der Waals surface area contributed by atoms with E-state index in [9.17, 15) is 9.59 Å². The fraction of sp³-hybridized carbons (Fsp3) is 0.200. The van der Waals surface area contributed by atoms with E-state index in [4.69, 9.17) is 0 Å². The Morgan fingerprint density at radius 3 is 2.28 bits per heavy atom. The third-order valence-corrected chi connectivity index (χ3v) is 3.77. The highest BCUT2D eigenvalue weighted by Gasteiger charge is 2.24. The van der Waals surface area contributed by atoms with Gasteiger partial charge < -0.3 is 0 Å². The first-order chi connectivity index (χ1) is 8.59. The molecule has 0 spiro atoms. The van der Waals surface area contributed by atoms with Gasteiger partial charge in [-0.15, -0.1) is 11.3 Å². The molecule has 1 aromatic heterocycles. The molecule has 1 aromatic carbocycles. The number of aryl methyl sites for hydroxylation is 1. The van der Waals surface area contributed by atoms with Crippen molar-refractivity contribution in [2.75, 3.05) is 0 Å². The Labute approximate surface area is 110 Å². The minimum Gasteiger partial charge on any atom is -0.293 e. The Morgan fingerprint density at radius 2 is 1.72 bits per heavy atom. The molecule has 92 valence electrons. The summed E-state index contributed by atoms with van der Waals surface area (Å²) in [7, 11) is 0. The molecule has 0 bridgehead atoms. The second kappa shape index (κ2) is 5.27. The average molecular weight is 258 g/mol. The van der Waals surface area contributed by atoms with Crippen LogP contribution in [-0.2, 0) is 0 Å². The second-order valence-corrected chi connectivity index (χ2v) is 5.24. The summed E-state index contributed by atoms with van der Waals surface area (Å²) in [6.07, 6.45) is 0. The lowest BCUT2D eigenvalue weighted by atomic mass is 9.94. The van der Waals surface area contributed by atoms with Gasteiger partial charge in [-0.25, -0.2) is 0 Å². The van der Waals surface area contributed by atoms with Crippen LogP contribution in [-0.4, -0.2) is 11.6 Å². The van der Waals surface area contributed by atoms with Crippen molar-refractivity contribution in [3.05, 3.63) is 57.8 Å². The molecule has 0 aliphatic carbocycles. The van der Waals surface area contributed by atoms with Gasteiger partial charge in [-0.2, -0.15) is 0 Å². The molecule has 18 heavy (non-hydrogen) atoms. The summed E-state index contributed by atoms with van der Waals surface area (Å²) in [4.78, 5) is 24.9. The minimum atomic E-state index is -0.619. The normalized spacial score (nSPS) is 12.1. The van der Waals surface area contributed by atoms with Crippen LogP contribution in [0, 0.1) is 12.8 Å². The zero-order valence-electron chi connectivity index (χ0n) is 10.3. The molecule has 0 fully saturated rings. The smallest absolute Gasteiger partial charge is 0.183 e. The Bertz CT molecular complexity index is 553. The summed E-state index contributed by atoms with van der Waals surface area (Å²) in [6, 6.07) is 10.9. The third-order valence-electron chi connectivity index (χ3n) is 2.89. The molecule has 0 aliphatic heterocycles. The topological polar surface area (TPSA) is 34.1 Å². The lowest BCUT2D eigenvalue weighted by molar-refractivity contribution is 0.0823. The van der Waals surface area contributed by atoms with Crippen LogP contribution in [0.3, 0.4) is 0 Å². The number of hydrogen-bond acceptors (Lipinski definition) is 3. The number of thiophene rings is 1. The molecule has 2 aromatic rings. The highest BCUT2D eigenvalue weighted by Crippen LogP contribution is 2.18. The van der Waals surface area contributed by atoms with E-state index in [0.717, 1.165) is 5.56 Å². The first-order valence-corrected chi connectivity index (χ1v) is 6.66. The summed E-state index contributed by atoms with van der Waals surface area (Å²) in [5.41, 5.74) is 1.70. The molecule has 2 rings (SSSR count). The van der Waals surface area contributed by atoms with Crippen LogP contribution >= 0.6 is 11.3 Å². The van der Waals surface area contributed by atoms with E-state index >= 15 is 0 Å². The maximum absolute atomic E-state index is 12.2. The fourth-order valence-corrected chi connectivity index (χ4v) is 2.47. The largest absolute Gasteiger partial charge is 0.293 e. The summed E-state index contributed by atoms with van der Waals surface area (Å²) < 4.78 is 0. The van der Waals surface area contributed by atoms with Gasteiger partial charge in [-0.3, -0.25) is 9.59 Å². The first kappa shape index (κ1) is 12.7. The van der Waals surface area contributed by atoms with Crippen LogP contribution in [0.25, 0.3) is 0 Å². The standard InChI is InChI=1S/C15H14O2S/c1-10-5-7-12(8-6-10)14(16)11(2)15(17)13-4-3-9-18-13/h3-9,11H,1-2H3. The zero-order valence-corrected chi connectivity index (χ0v) is 11.2. The fourth-order valence-electron chi connectivity index (χ4n) is 1.72. The predicted octanol–water partition coefficient (Wildman–Crippen LogP) is 3.76. The Morgan fingerprint density at radius 1 is 1.06 bits per heavy atom. The van der Waals surface area contributed by atoms with Crippen molar-refractivity contribution in [1.29, 1.82) is 0 Å². The van der Waals surface area contributed by atoms with Crippen molar-refractivity contribution in [1.82, 2.24) is 0 Å². The molecule has 0 saturated heterocycles. The van der Waals surface area contributed by atoms with Crippen molar-refractivity contribution in [3.8, 4) is 0 Å². The minimum absolute atomic E-state index is 0.101. The van der Waals surface area contributed by atoms with Gasteiger partial charge in [0, 0.05) is 5.56 Å². The molecule has 2 nitrogen and oxygen atoms in total. The number of ketones is 2. The van der Waals surface area contributed by atoms with Crippen molar-refractivity contribution >= 4 is 22.9 Å². The second-order valence-electron chi connectivity index (χ2n) is 4.29. The molecule has 0 radical (unpaired) electrons. The lowest BCUT2D eigenvalue weighted by Crippen LogP contribution is -2.20. The van der Waals surface area contributed by atoms with E-state index < -0.39 is 5.92 Å². The number of Topliss-reactive ketones (excluding diaryl/α,β-unsaturated/α-hetero) is 2. The van der Waals surface area contributed by atoms with Crippen LogP contribution in [0.15, 0.2) is 41.8 Å². The Balaban J connectivity index is 2.19. The Kier molecular flexibility index (Phi) is 3.72. The highest BCUT2D eigenvalue weighted by molar-refractivity contribution is 7.12. The third kappa shape index (κ3) is 2.57. The summed E-state index contributed by atoms with van der Waals surface area (Å²) in [6.45, 7) is 3.64. The molecular weight excluding hydrogens is 244 g/mol. The van der Waals surface area contributed by atoms with E-state index in [-0.39, 0.29) is 11.6 Å². The summed E-state index contributed by atoms with van der Waals surface area (Å²) in [5, 5.41) is 1.84. The SMILES string of the molecule is Cc1ccc(C(=O)C(C)C(=O)c2cccs2)cc1. The van der Waals surface area contributed by atoms with E-state index in [0.29, 0.717) is 10.4 Å². The van der Waals surface area contributed by atoms with Gasteiger partial charge >= 0.3 is 0 Å². The van der Waals surface area contributed by atoms with Crippen molar-refractivity contribution < 1.29 is 9.59 Å². The molecule has 1 unspecified atom stereocenters. The molecule has 1 atom stereocenters. The van der Waals surface area contributed by atoms with Crippen LogP contribution < -0.4 is 0 Å². The van der Waals surface area contributed by atoms with Crippen LogP contribution in [0.1, 0.15) is 32.5 Å². The first-order valence-electron chi connectivity index (χ1n) is 5.78. The molecule has 3 heteroatoms. The van der Waals surface area contributed by atoms with Gasteiger partial charge in [0.05, 0.1) is 10.8 Å². The monoisotopic (exact) mass is 258 g/mol.